The summed E-state index contributed by atoms with van der Waals surface area (Å²) in [6, 6.07) is 8.65. The Morgan fingerprint density at radius 1 is 1.29 bits per heavy atom. The lowest BCUT2D eigenvalue weighted by molar-refractivity contribution is 0.410. The van der Waals surface area contributed by atoms with Crippen molar-refractivity contribution in [3.63, 3.8) is 0 Å². The van der Waals surface area contributed by atoms with Crippen LogP contribution in [-0.2, 0) is 6.42 Å². The number of aromatic nitrogens is 1. The van der Waals surface area contributed by atoms with Crippen LogP contribution in [0.15, 0.2) is 23.2 Å². The van der Waals surface area contributed by atoms with Crippen molar-refractivity contribution in [2.24, 2.45) is 4.99 Å². The van der Waals surface area contributed by atoms with Crippen LogP contribution in [0.25, 0.3) is 0 Å². The molecule has 10 heteroatoms. The van der Waals surface area contributed by atoms with E-state index in [1.54, 1.807) is 24.4 Å². The number of nitriles is 3. The molecule has 0 spiro atoms. The van der Waals surface area contributed by atoms with Gasteiger partial charge >= 0.3 is 0 Å². The number of hydrogen-bond donors (Lipinski definition) is 4. The normalized spacial score (nSPS) is 14.4. The van der Waals surface area contributed by atoms with Crippen molar-refractivity contribution in [2.75, 3.05) is 23.9 Å². The Morgan fingerprint density at radius 2 is 2.07 bits per heavy atom. The van der Waals surface area contributed by atoms with Gasteiger partial charge in [0, 0.05) is 11.1 Å². The minimum atomic E-state index is -0.671. The number of benzene rings is 1. The SMILES string of the molecule is COc1ccc(C2N=C(NC#N)Nc3nc(N)c(C#N)c(N)c32)cc1CC#N. The van der Waals surface area contributed by atoms with Crippen LogP contribution in [0, 0.1) is 34.1 Å². The molecule has 0 radical (unpaired) electrons. The summed E-state index contributed by atoms with van der Waals surface area (Å²) in [5.41, 5.74) is 14.1. The Kier molecular flexibility index (Phi) is 4.84. The first-order chi connectivity index (χ1) is 13.5. The molecule has 2 heterocycles. The lowest BCUT2D eigenvalue weighted by Gasteiger charge is -2.26. The van der Waals surface area contributed by atoms with E-state index in [0.717, 1.165) is 0 Å². The predicted octanol–water partition coefficient (Wildman–Crippen LogP) is 1.13. The second kappa shape index (κ2) is 7.40. The Morgan fingerprint density at radius 3 is 2.71 bits per heavy atom. The zero-order valence-electron chi connectivity index (χ0n) is 14.8. The molecule has 1 aromatic carbocycles. The van der Waals surface area contributed by atoms with Gasteiger partial charge in [-0.15, -0.1) is 0 Å². The maximum atomic E-state index is 9.36. The first-order valence-corrected chi connectivity index (χ1v) is 8.06. The van der Waals surface area contributed by atoms with Gasteiger partial charge in [0.1, 0.15) is 35.1 Å². The predicted molar refractivity (Wildman–Crippen MR) is 102 cm³/mol. The summed E-state index contributed by atoms with van der Waals surface area (Å²) in [7, 11) is 1.52. The highest BCUT2D eigenvalue weighted by atomic mass is 16.5. The fourth-order valence-corrected chi connectivity index (χ4v) is 3.01. The minimum Gasteiger partial charge on any atom is -0.496 e. The largest absolute Gasteiger partial charge is 0.496 e. The van der Waals surface area contributed by atoms with Gasteiger partial charge in [0.2, 0.25) is 5.96 Å². The highest BCUT2D eigenvalue weighted by Crippen LogP contribution is 2.41. The number of anilines is 3. The van der Waals surface area contributed by atoms with Crippen molar-refractivity contribution in [1.82, 2.24) is 10.3 Å². The number of nitrogen functional groups attached to an aromatic ring is 2. The van der Waals surface area contributed by atoms with Crippen LogP contribution in [0.1, 0.15) is 28.3 Å². The fourth-order valence-electron chi connectivity index (χ4n) is 3.01. The number of aliphatic imine (C=N–C) groups is 1. The van der Waals surface area contributed by atoms with E-state index in [1.807, 2.05) is 6.07 Å². The number of rotatable bonds is 3. The average Bonchev–Trinajstić information content (AvgIpc) is 2.68. The van der Waals surface area contributed by atoms with E-state index in [0.29, 0.717) is 28.3 Å². The Balaban J connectivity index is 2.23. The first kappa shape index (κ1) is 18.3. The number of ether oxygens (including phenoxy) is 1. The number of nitrogens with two attached hydrogens (primary N) is 2. The van der Waals surface area contributed by atoms with E-state index in [1.165, 1.54) is 7.11 Å². The summed E-state index contributed by atoms with van der Waals surface area (Å²) in [6.45, 7) is 0. The van der Waals surface area contributed by atoms with E-state index < -0.39 is 6.04 Å². The van der Waals surface area contributed by atoms with Crippen LogP contribution >= 0.6 is 0 Å². The molecule has 1 unspecified atom stereocenters. The summed E-state index contributed by atoms with van der Waals surface area (Å²) >= 11 is 0. The molecular weight excluding hydrogens is 358 g/mol. The highest BCUT2D eigenvalue weighted by Gasteiger charge is 2.30. The van der Waals surface area contributed by atoms with Gasteiger partial charge in [0.05, 0.1) is 25.3 Å². The van der Waals surface area contributed by atoms with Gasteiger partial charge in [-0.2, -0.15) is 15.8 Å². The second-order valence-electron chi connectivity index (χ2n) is 5.81. The standard InChI is InChI=1S/C18H15N9O/c1-28-12-3-2-10(6-9(12)4-5-19)15-13-14(22)11(7-20)16(23)26-17(13)27-18(25-15)24-8-21/h2-3,6,15H,4H2,1H3,(H6,22,23,24,25,26,27). The van der Waals surface area contributed by atoms with E-state index in [4.69, 9.17) is 26.7 Å². The molecule has 0 amide bonds. The van der Waals surface area contributed by atoms with Gasteiger partial charge in [-0.3, -0.25) is 5.32 Å². The van der Waals surface area contributed by atoms with Gasteiger partial charge in [0.15, 0.2) is 6.19 Å². The zero-order chi connectivity index (χ0) is 20.3. The third kappa shape index (κ3) is 3.05. The van der Waals surface area contributed by atoms with Crippen LogP contribution in [0.4, 0.5) is 17.3 Å². The van der Waals surface area contributed by atoms with Crippen molar-refractivity contribution < 1.29 is 4.74 Å². The van der Waals surface area contributed by atoms with Crippen LogP contribution in [0.3, 0.4) is 0 Å². The second-order valence-corrected chi connectivity index (χ2v) is 5.81. The molecule has 0 aliphatic carbocycles. The topological polar surface area (TPSA) is 182 Å². The molecular formula is C18H15N9O. The maximum absolute atomic E-state index is 9.36. The number of nitrogens with zero attached hydrogens (tertiary/aromatic N) is 5. The number of methoxy groups -OCH3 is 1. The zero-order valence-corrected chi connectivity index (χ0v) is 14.8. The van der Waals surface area contributed by atoms with Crippen molar-refractivity contribution in [2.45, 2.75) is 12.5 Å². The molecule has 3 rings (SSSR count). The van der Waals surface area contributed by atoms with E-state index >= 15 is 0 Å². The van der Waals surface area contributed by atoms with Crippen molar-refractivity contribution >= 4 is 23.3 Å². The smallest absolute Gasteiger partial charge is 0.211 e. The monoisotopic (exact) mass is 373 g/mol. The van der Waals surface area contributed by atoms with Gasteiger partial charge in [-0.05, 0) is 17.7 Å². The molecule has 10 nitrogen and oxygen atoms in total. The van der Waals surface area contributed by atoms with E-state index in [-0.39, 0.29) is 29.4 Å². The molecule has 1 aliphatic heterocycles. The molecule has 1 atom stereocenters. The Labute approximate surface area is 160 Å². The van der Waals surface area contributed by atoms with Crippen molar-refractivity contribution in [3.8, 4) is 24.1 Å². The summed E-state index contributed by atoms with van der Waals surface area (Å²) in [5.74, 6) is 1.00. The van der Waals surface area contributed by atoms with Gasteiger partial charge < -0.3 is 21.5 Å². The van der Waals surface area contributed by atoms with E-state index in [2.05, 4.69) is 26.7 Å². The highest BCUT2D eigenvalue weighted by molar-refractivity contribution is 5.98. The molecule has 138 valence electrons. The Bertz CT molecular complexity index is 1100. The molecule has 28 heavy (non-hydrogen) atoms. The number of hydrogen-bond acceptors (Lipinski definition) is 10. The number of guanidine groups is 1. The summed E-state index contributed by atoms with van der Waals surface area (Å²) in [4.78, 5) is 8.69. The molecule has 0 saturated heterocycles. The van der Waals surface area contributed by atoms with Crippen molar-refractivity contribution in [1.29, 1.82) is 15.8 Å². The van der Waals surface area contributed by atoms with E-state index in [9.17, 15) is 5.26 Å². The number of nitrogens with one attached hydrogen (secondary N) is 2. The molecule has 0 fully saturated rings. The lowest BCUT2D eigenvalue weighted by atomic mass is 9.93. The molecule has 6 N–H and O–H groups in total. The number of fused-ring (bicyclic) bond motifs is 1. The average molecular weight is 373 g/mol. The number of pyridine rings is 1. The van der Waals surface area contributed by atoms with Crippen molar-refractivity contribution in [3.05, 3.63) is 40.5 Å². The lowest BCUT2D eigenvalue weighted by Crippen LogP contribution is -2.32. The van der Waals surface area contributed by atoms with Gasteiger partial charge in [-0.1, -0.05) is 6.07 Å². The molecule has 1 aromatic heterocycles. The van der Waals surface area contributed by atoms with Crippen LogP contribution in [-0.4, -0.2) is 18.1 Å². The van der Waals surface area contributed by atoms with Crippen LogP contribution in [0.2, 0.25) is 0 Å². The molecule has 2 aromatic rings. The summed E-state index contributed by atoms with van der Waals surface area (Å²) in [5, 5.41) is 32.7. The van der Waals surface area contributed by atoms with Gasteiger partial charge in [0.25, 0.3) is 0 Å². The van der Waals surface area contributed by atoms with Crippen LogP contribution in [0.5, 0.6) is 5.75 Å². The van der Waals surface area contributed by atoms with Crippen LogP contribution < -0.4 is 26.8 Å². The third-order valence-electron chi connectivity index (χ3n) is 4.25. The summed E-state index contributed by atoms with van der Waals surface area (Å²) < 4.78 is 5.29. The fraction of sp³-hybridized carbons (Fsp3) is 0.167. The summed E-state index contributed by atoms with van der Waals surface area (Å²) in [6.07, 6.45) is 1.93. The Hall–Kier alpha value is -4.49. The molecule has 0 saturated carbocycles. The molecule has 0 bridgehead atoms. The first-order valence-electron chi connectivity index (χ1n) is 8.06. The van der Waals surface area contributed by atoms with Gasteiger partial charge in [-0.25, -0.2) is 9.98 Å². The minimum absolute atomic E-state index is 0.0249. The quantitative estimate of drug-likeness (QED) is 0.452. The molecule has 1 aliphatic rings. The third-order valence-corrected chi connectivity index (χ3v) is 4.25. The maximum Gasteiger partial charge on any atom is 0.211 e.